The van der Waals surface area contributed by atoms with Crippen LogP contribution in [-0.4, -0.2) is 19.6 Å². The van der Waals surface area contributed by atoms with Crippen LogP contribution in [-0.2, 0) is 17.6 Å². The number of rotatable bonds is 9. The second-order valence-corrected chi connectivity index (χ2v) is 5.75. The molecule has 1 amide bonds. The monoisotopic (exact) mass is 329 g/mol. The first kappa shape index (κ1) is 18.0. The van der Waals surface area contributed by atoms with E-state index in [9.17, 15) is 9.18 Å². The Bertz CT molecular complexity index is 640. The first-order chi connectivity index (χ1) is 11.7. The van der Waals surface area contributed by atoms with E-state index >= 15 is 0 Å². The highest BCUT2D eigenvalue weighted by Crippen LogP contribution is 2.13. The van der Waals surface area contributed by atoms with E-state index in [0.29, 0.717) is 24.9 Å². The van der Waals surface area contributed by atoms with Crippen molar-refractivity contribution in [1.29, 1.82) is 0 Å². The van der Waals surface area contributed by atoms with Gasteiger partial charge in [-0.3, -0.25) is 4.79 Å². The number of aryl methyl sites for hydroxylation is 1. The van der Waals surface area contributed by atoms with Gasteiger partial charge < -0.3 is 10.1 Å². The van der Waals surface area contributed by atoms with Gasteiger partial charge in [0.25, 0.3) is 0 Å². The number of hydrogen-bond acceptors (Lipinski definition) is 2. The summed E-state index contributed by atoms with van der Waals surface area (Å²) >= 11 is 0. The number of benzene rings is 2. The first-order valence-electron chi connectivity index (χ1n) is 8.32. The molecule has 0 aliphatic heterocycles. The highest BCUT2D eigenvalue weighted by atomic mass is 19.1. The maximum atomic E-state index is 13.5. The molecule has 0 heterocycles. The Hall–Kier alpha value is -2.36. The van der Waals surface area contributed by atoms with Gasteiger partial charge in [-0.1, -0.05) is 30.3 Å². The largest absolute Gasteiger partial charge is 0.497 e. The smallest absolute Gasteiger partial charge is 0.220 e. The SMILES string of the molecule is COc1ccc(CCCCC(=O)NCCc2ccccc2F)cc1. The van der Waals surface area contributed by atoms with Crippen molar-refractivity contribution in [2.45, 2.75) is 32.1 Å². The van der Waals surface area contributed by atoms with E-state index in [1.807, 2.05) is 24.3 Å². The molecular weight excluding hydrogens is 305 g/mol. The zero-order valence-corrected chi connectivity index (χ0v) is 14.1. The second-order valence-electron chi connectivity index (χ2n) is 5.75. The predicted octanol–water partition coefficient (Wildman–Crippen LogP) is 3.91. The Kier molecular flexibility index (Phi) is 7.27. The van der Waals surface area contributed by atoms with Crippen molar-refractivity contribution in [2.75, 3.05) is 13.7 Å². The van der Waals surface area contributed by atoms with Crippen LogP contribution in [0.5, 0.6) is 5.75 Å². The van der Waals surface area contributed by atoms with Gasteiger partial charge in [-0.25, -0.2) is 4.39 Å². The first-order valence-corrected chi connectivity index (χ1v) is 8.32. The van der Waals surface area contributed by atoms with Crippen LogP contribution in [0.3, 0.4) is 0 Å². The van der Waals surface area contributed by atoms with Crippen LogP contribution in [0.4, 0.5) is 4.39 Å². The summed E-state index contributed by atoms with van der Waals surface area (Å²) in [6.07, 6.45) is 3.79. The maximum Gasteiger partial charge on any atom is 0.220 e. The van der Waals surface area contributed by atoms with Crippen molar-refractivity contribution < 1.29 is 13.9 Å². The zero-order chi connectivity index (χ0) is 17.2. The summed E-state index contributed by atoms with van der Waals surface area (Å²) in [4.78, 5) is 11.8. The lowest BCUT2D eigenvalue weighted by Crippen LogP contribution is -2.25. The van der Waals surface area contributed by atoms with E-state index in [0.717, 1.165) is 25.0 Å². The van der Waals surface area contributed by atoms with Crippen LogP contribution in [0.1, 0.15) is 30.4 Å². The summed E-state index contributed by atoms with van der Waals surface area (Å²) in [6, 6.07) is 14.7. The zero-order valence-electron chi connectivity index (χ0n) is 14.1. The van der Waals surface area contributed by atoms with E-state index in [1.54, 1.807) is 25.3 Å². The third kappa shape index (κ3) is 6.03. The molecule has 2 aromatic carbocycles. The van der Waals surface area contributed by atoms with Crippen molar-refractivity contribution in [1.82, 2.24) is 5.32 Å². The molecule has 0 atom stereocenters. The summed E-state index contributed by atoms with van der Waals surface area (Å²) in [5.74, 6) is 0.667. The Balaban J connectivity index is 1.58. The van der Waals surface area contributed by atoms with Crippen molar-refractivity contribution in [3.63, 3.8) is 0 Å². The van der Waals surface area contributed by atoms with Gasteiger partial charge in [-0.15, -0.1) is 0 Å². The van der Waals surface area contributed by atoms with Crippen LogP contribution < -0.4 is 10.1 Å². The number of carbonyl (C=O) groups excluding carboxylic acids is 1. The molecule has 0 aromatic heterocycles. The number of methoxy groups -OCH3 is 1. The van der Waals surface area contributed by atoms with Gasteiger partial charge in [-0.2, -0.15) is 0 Å². The van der Waals surface area contributed by atoms with Gasteiger partial charge >= 0.3 is 0 Å². The molecule has 0 bridgehead atoms. The van der Waals surface area contributed by atoms with Crippen LogP contribution in [0.25, 0.3) is 0 Å². The fourth-order valence-corrected chi connectivity index (χ4v) is 2.53. The van der Waals surface area contributed by atoms with Gasteiger partial charge in [0.05, 0.1) is 7.11 Å². The second kappa shape index (κ2) is 9.71. The van der Waals surface area contributed by atoms with E-state index in [4.69, 9.17) is 4.74 Å². The van der Waals surface area contributed by atoms with Gasteiger partial charge in [0.15, 0.2) is 0 Å². The number of unbranched alkanes of at least 4 members (excludes halogenated alkanes) is 1. The van der Waals surface area contributed by atoms with Gasteiger partial charge in [-0.05, 0) is 55.0 Å². The minimum absolute atomic E-state index is 0.0288. The highest BCUT2D eigenvalue weighted by Gasteiger charge is 2.04. The van der Waals surface area contributed by atoms with Crippen LogP contribution in [0.15, 0.2) is 48.5 Å². The van der Waals surface area contributed by atoms with Gasteiger partial charge in [0, 0.05) is 13.0 Å². The molecule has 0 spiro atoms. The lowest BCUT2D eigenvalue weighted by Gasteiger charge is -2.06. The fourth-order valence-electron chi connectivity index (χ4n) is 2.53. The number of hydrogen-bond donors (Lipinski definition) is 1. The molecule has 0 unspecified atom stereocenters. The van der Waals surface area contributed by atoms with Crippen LogP contribution in [0, 0.1) is 5.82 Å². The molecule has 4 heteroatoms. The van der Waals surface area contributed by atoms with Crippen molar-refractivity contribution in [3.05, 3.63) is 65.5 Å². The number of carbonyl (C=O) groups is 1. The molecule has 0 radical (unpaired) electrons. The molecule has 0 aliphatic rings. The van der Waals surface area contributed by atoms with E-state index < -0.39 is 0 Å². The van der Waals surface area contributed by atoms with Crippen molar-refractivity contribution >= 4 is 5.91 Å². The molecule has 2 rings (SSSR count). The minimum Gasteiger partial charge on any atom is -0.497 e. The van der Waals surface area contributed by atoms with Crippen LogP contribution >= 0.6 is 0 Å². The minimum atomic E-state index is -0.216. The number of halogens is 1. The highest BCUT2D eigenvalue weighted by molar-refractivity contribution is 5.75. The average molecular weight is 329 g/mol. The lowest BCUT2D eigenvalue weighted by atomic mass is 10.1. The van der Waals surface area contributed by atoms with E-state index in [-0.39, 0.29) is 11.7 Å². The summed E-state index contributed by atoms with van der Waals surface area (Å²) < 4.78 is 18.6. The molecular formula is C20H24FNO2. The molecule has 0 saturated heterocycles. The van der Waals surface area contributed by atoms with E-state index in [2.05, 4.69) is 5.32 Å². The molecule has 1 N–H and O–H groups in total. The third-order valence-corrected chi connectivity index (χ3v) is 3.95. The third-order valence-electron chi connectivity index (χ3n) is 3.95. The Morgan fingerprint density at radius 1 is 1.04 bits per heavy atom. The molecule has 0 saturated carbocycles. The topological polar surface area (TPSA) is 38.3 Å². The Morgan fingerprint density at radius 3 is 2.50 bits per heavy atom. The van der Waals surface area contributed by atoms with Crippen LogP contribution in [0.2, 0.25) is 0 Å². The Labute approximate surface area is 142 Å². The number of ether oxygens (including phenoxy) is 1. The standard InChI is InChI=1S/C20H24FNO2/c1-24-18-12-10-16(11-13-18)6-2-5-9-20(23)22-15-14-17-7-3-4-8-19(17)21/h3-4,7-8,10-13H,2,5-6,9,14-15H2,1H3,(H,22,23). The molecule has 0 aliphatic carbocycles. The van der Waals surface area contributed by atoms with Crippen molar-refractivity contribution in [2.24, 2.45) is 0 Å². The Morgan fingerprint density at radius 2 is 1.79 bits per heavy atom. The lowest BCUT2D eigenvalue weighted by molar-refractivity contribution is -0.121. The summed E-state index contributed by atoms with van der Waals surface area (Å²) in [7, 11) is 1.65. The van der Waals surface area contributed by atoms with Crippen molar-refractivity contribution in [3.8, 4) is 5.75 Å². The summed E-state index contributed by atoms with van der Waals surface area (Å²) in [5, 5.41) is 2.85. The molecule has 0 fully saturated rings. The summed E-state index contributed by atoms with van der Waals surface area (Å²) in [6.45, 7) is 0.470. The van der Waals surface area contributed by atoms with Gasteiger partial charge in [0.1, 0.15) is 11.6 Å². The average Bonchev–Trinajstić information content (AvgIpc) is 2.61. The summed E-state index contributed by atoms with van der Waals surface area (Å²) in [5.41, 5.74) is 1.88. The molecule has 128 valence electrons. The number of amides is 1. The fraction of sp³-hybridized carbons (Fsp3) is 0.350. The number of nitrogens with one attached hydrogen (secondary N) is 1. The van der Waals surface area contributed by atoms with E-state index in [1.165, 1.54) is 11.6 Å². The molecule has 2 aromatic rings. The van der Waals surface area contributed by atoms with Gasteiger partial charge in [0.2, 0.25) is 5.91 Å². The maximum absolute atomic E-state index is 13.5. The molecule has 24 heavy (non-hydrogen) atoms. The quantitative estimate of drug-likeness (QED) is 0.709. The predicted molar refractivity (Wildman–Crippen MR) is 93.7 cm³/mol. The normalized spacial score (nSPS) is 10.4. The molecule has 3 nitrogen and oxygen atoms in total.